The van der Waals surface area contributed by atoms with E-state index < -0.39 is 0 Å². The van der Waals surface area contributed by atoms with Crippen LogP contribution in [0.4, 0.5) is 5.69 Å². The largest absolute Gasteiger partial charge is 0.385 e. The van der Waals surface area contributed by atoms with Crippen molar-refractivity contribution in [3.63, 3.8) is 0 Å². The fraction of sp³-hybridized carbons (Fsp3) is 0.462. The summed E-state index contributed by atoms with van der Waals surface area (Å²) in [5, 5.41) is 12.0. The number of nitrogens with one attached hydrogen (secondary N) is 1. The summed E-state index contributed by atoms with van der Waals surface area (Å²) < 4.78 is 0. The minimum absolute atomic E-state index is 0.707. The Balaban J connectivity index is 2.20. The first-order valence-electron chi connectivity index (χ1n) is 5.61. The van der Waals surface area contributed by atoms with Gasteiger partial charge in [0.05, 0.1) is 11.6 Å². The Bertz CT molecular complexity index is 335. The molecule has 0 amide bonds. The molecule has 1 rings (SSSR count). The molecule has 0 saturated carbocycles. The number of rotatable bonds is 6. The lowest BCUT2D eigenvalue weighted by atomic mass is 10.2. The highest BCUT2D eigenvalue weighted by atomic mass is 15.0. The lowest BCUT2D eigenvalue weighted by molar-refractivity contribution is 0.396. The average molecular weight is 217 g/mol. The summed E-state index contributed by atoms with van der Waals surface area (Å²) in [4.78, 5) is 2.20. The van der Waals surface area contributed by atoms with Crippen molar-refractivity contribution in [1.29, 1.82) is 5.26 Å². The lowest BCUT2D eigenvalue weighted by Gasteiger charge is -2.10. The summed E-state index contributed by atoms with van der Waals surface area (Å²) in [6, 6.07) is 9.68. The molecule has 0 spiro atoms. The SMILES string of the molecule is CN(C)CCCCNc1ccc(C#N)cc1. The first-order valence-corrected chi connectivity index (χ1v) is 5.61. The van der Waals surface area contributed by atoms with Crippen molar-refractivity contribution in [2.75, 3.05) is 32.5 Å². The summed E-state index contributed by atoms with van der Waals surface area (Å²) in [6.07, 6.45) is 2.37. The topological polar surface area (TPSA) is 39.1 Å². The Morgan fingerprint density at radius 2 is 1.88 bits per heavy atom. The van der Waals surface area contributed by atoms with E-state index in [2.05, 4.69) is 30.4 Å². The van der Waals surface area contributed by atoms with Crippen molar-refractivity contribution in [2.45, 2.75) is 12.8 Å². The van der Waals surface area contributed by atoms with E-state index in [9.17, 15) is 0 Å². The van der Waals surface area contributed by atoms with Crippen LogP contribution in [0.3, 0.4) is 0 Å². The zero-order valence-electron chi connectivity index (χ0n) is 10.0. The Kier molecular flexibility index (Phi) is 5.38. The molecule has 0 aliphatic rings. The monoisotopic (exact) mass is 217 g/mol. The van der Waals surface area contributed by atoms with Gasteiger partial charge in [-0.3, -0.25) is 0 Å². The summed E-state index contributed by atoms with van der Waals surface area (Å²) in [5.74, 6) is 0. The molecular formula is C13H19N3. The van der Waals surface area contributed by atoms with Gasteiger partial charge in [0.25, 0.3) is 0 Å². The number of hydrogen-bond acceptors (Lipinski definition) is 3. The summed E-state index contributed by atoms with van der Waals surface area (Å²) in [7, 11) is 4.18. The van der Waals surface area contributed by atoms with Crippen molar-refractivity contribution in [3.05, 3.63) is 29.8 Å². The number of anilines is 1. The first kappa shape index (κ1) is 12.5. The summed E-state index contributed by atoms with van der Waals surface area (Å²) in [6.45, 7) is 2.12. The second kappa shape index (κ2) is 6.86. The predicted molar refractivity (Wildman–Crippen MR) is 67.4 cm³/mol. The van der Waals surface area contributed by atoms with Gasteiger partial charge in [0, 0.05) is 12.2 Å². The van der Waals surface area contributed by atoms with E-state index in [1.807, 2.05) is 24.3 Å². The normalized spacial score (nSPS) is 10.1. The van der Waals surface area contributed by atoms with Gasteiger partial charge in [0.2, 0.25) is 0 Å². The van der Waals surface area contributed by atoms with E-state index in [1.54, 1.807) is 0 Å². The molecule has 0 aromatic heterocycles. The molecule has 0 fully saturated rings. The third-order valence-corrected chi connectivity index (χ3v) is 2.38. The van der Waals surface area contributed by atoms with Gasteiger partial charge in [-0.1, -0.05) is 0 Å². The summed E-state index contributed by atoms with van der Waals surface area (Å²) in [5.41, 5.74) is 1.79. The molecule has 16 heavy (non-hydrogen) atoms. The van der Waals surface area contributed by atoms with Crippen molar-refractivity contribution >= 4 is 5.69 Å². The van der Waals surface area contributed by atoms with Crippen LogP contribution in [0, 0.1) is 11.3 Å². The highest BCUT2D eigenvalue weighted by Crippen LogP contribution is 2.08. The molecule has 3 heteroatoms. The van der Waals surface area contributed by atoms with Gasteiger partial charge >= 0.3 is 0 Å². The standard InChI is InChI=1S/C13H19N3/c1-16(2)10-4-3-9-15-13-7-5-12(11-14)6-8-13/h5-8,15H,3-4,9-10H2,1-2H3. The Morgan fingerprint density at radius 3 is 2.44 bits per heavy atom. The van der Waals surface area contributed by atoms with E-state index in [1.165, 1.54) is 6.42 Å². The van der Waals surface area contributed by atoms with E-state index in [0.29, 0.717) is 5.56 Å². The van der Waals surface area contributed by atoms with Crippen molar-refractivity contribution in [1.82, 2.24) is 4.90 Å². The molecule has 1 aromatic carbocycles. The molecule has 0 aliphatic heterocycles. The molecule has 0 radical (unpaired) electrons. The van der Waals surface area contributed by atoms with Crippen LogP contribution in [-0.2, 0) is 0 Å². The molecule has 86 valence electrons. The fourth-order valence-corrected chi connectivity index (χ4v) is 1.45. The van der Waals surface area contributed by atoms with Crippen LogP contribution in [0.2, 0.25) is 0 Å². The summed E-state index contributed by atoms with van der Waals surface area (Å²) >= 11 is 0. The lowest BCUT2D eigenvalue weighted by Crippen LogP contribution is -2.14. The van der Waals surface area contributed by atoms with Gasteiger partial charge in [-0.05, 0) is 57.7 Å². The van der Waals surface area contributed by atoms with Crippen LogP contribution < -0.4 is 5.32 Å². The number of benzene rings is 1. The van der Waals surface area contributed by atoms with Crippen LogP contribution in [0.5, 0.6) is 0 Å². The maximum atomic E-state index is 8.65. The van der Waals surface area contributed by atoms with Gasteiger partial charge in [-0.25, -0.2) is 0 Å². The molecule has 0 heterocycles. The molecule has 0 bridgehead atoms. The molecule has 0 atom stereocenters. The molecule has 0 aliphatic carbocycles. The van der Waals surface area contributed by atoms with Crippen LogP contribution >= 0.6 is 0 Å². The minimum Gasteiger partial charge on any atom is -0.385 e. The Hall–Kier alpha value is -1.53. The van der Waals surface area contributed by atoms with Crippen LogP contribution in [0.25, 0.3) is 0 Å². The number of nitriles is 1. The maximum absolute atomic E-state index is 8.65. The number of hydrogen-bond donors (Lipinski definition) is 1. The molecule has 0 saturated heterocycles. The Labute approximate surface area is 97.7 Å². The Morgan fingerprint density at radius 1 is 1.19 bits per heavy atom. The zero-order valence-corrected chi connectivity index (χ0v) is 10.0. The van der Waals surface area contributed by atoms with Crippen molar-refractivity contribution < 1.29 is 0 Å². The third kappa shape index (κ3) is 4.81. The van der Waals surface area contributed by atoms with Crippen LogP contribution in [0.15, 0.2) is 24.3 Å². The van der Waals surface area contributed by atoms with E-state index >= 15 is 0 Å². The van der Waals surface area contributed by atoms with Gasteiger partial charge in [0.15, 0.2) is 0 Å². The molecule has 1 aromatic rings. The molecule has 0 unspecified atom stereocenters. The van der Waals surface area contributed by atoms with E-state index in [0.717, 1.165) is 25.2 Å². The maximum Gasteiger partial charge on any atom is 0.0991 e. The molecular weight excluding hydrogens is 198 g/mol. The number of unbranched alkanes of at least 4 members (excludes halogenated alkanes) is 1. The third-order valence-electron chi connectivity index (χ3n) is 2.38. The van der Waals surface area contributed by atoms with Crippen molar-refractivity contribution in [3.8, 4) is 6.07 Å². The predicted octanol–water partition coefficient (Wildman–Crippen LogP) is 2.31. The van der Waals surface area contributed by atoms with Crippen molar-refractivity contribution in [2.24, 2.45) is 0 Å². The van der Waals surface area contributed by atoms with Gasteiger partial charge in [-0.2, -0.15) is 5.26 Å². The zero-order chi connectivity index (χ0) is 11.8. The second-order valence-electron chi connectivity index (χ2n) is 4.13. The fourth-order valence-electron chi connectivity index (χ4n) is 1.45. The van der Waals surface area contributed by atoms with Gasteiger partial charge < -0.3 is 10.2 Å². The van der Waals surface area contributed by atoms with Gasteiger partial charge in [0.1, 0.15) is 0 Å². The second-order valence-corrected chi connectivity index (χ2v) is 4.13. The minimum atomic E-state index is 0.707. The number of nitrogens with zero attached hydrogens (tertiary/aromatic N) is 2. The van der Waals surface area contributed by atoms with Crippen LogP contribution in [-0.4, -0.2) is 32.1 Å². The molecule has 3 nitrogen and oxygen atoms in total. The van der Waals surface area contributed by atoms with Gasteiger partial charge in [-0.15, -0.1) is 0 Å². The van der Waals surface area contributed by atoms with Crippen LogP contribution in [0.1, 0.15) is 18.4 Å². The van der Waals surface area contributed by atoms with E-state index in [4.69, 9.17) is 5.26 Å². The quantitative estimate of drug-likeness (QED) is 0.743. The highest BCUT2D eigenvalue weighted by molar-refractivity contribution is 5.46. The smallest absolute Gasteiger partial charge is 0.0991 e. The first-order chi connectivity index (χ1) is 7.72. The van der Waals surface area contributed by atoms with E-state index in [-0.39, 0.29) is 0 Å². The highest BCUT2D eigenvalue weighted by Gasteiger charge is 1.94. The molecule has 1 N–H and O–H groups in total. The average Bonchev–Trinajstić information content (AvgIpc) is 2.29.